The predicted octanol–water partition coefficient (Wildman–Crippen LogP) is 2.97. The van der Waals surface area contributed by atoms with Crippen molar-refractivity contribution in [2.24, 2.45) is 0 Å². The lowest BCUT2D eigenvalue weighted by molar-refractivity contribution is 0.0967. The molecule has 0 bridgehead atoms. The average molecular weight is 316 g/mol. The summed E-state index contributed by atoms with van der Waals surface area (Å²) in [5.74, 6) is 0.187. The van der Waals surface area contributed by atoms with E-state index < -0.39 is 0 Å². The second-order valence-corrected chi connectivity index (χ2v) is 5.60. The highest BCUT2D eigenvalue weighted by molar-refractivity contribution is 9.10. The highest BCUT2D eigenvalue weighted by atomic mass is 79.9. The molecule has 4 nitrogen and oxygen atoms in total. The van der Waals surface area contributed by atoms with Gasteiger partial charge in [0.1, 0.15) is 5.69 Å². The Morgan fingerprint density at radius 2 is 2.17 bits per heavy atom. The number of carbonyl (C=O) groups excluding carboxylic acids is 1. The quantitative estimate of drug-likeness (QED) is 0.547. The van der Waals surface area contributed by atoms with Gasteiger partial charge in [0.15, 0.2) is 5.78 Å². The molecule has 0 N–H and O–H groups in total. The number of ketones is 1. The average Bonchev–Trinajstić information content (AvgIpc) is 2.68. The number of likely N-dealkylation sites (N-methyl/N-ethyl adjacent to an activating group) is 1. The first-order chi connectivity index (χ1) is 8.56. The minimum atomic E-state index is 0.187. The molecule has 0 saturated heterocycles. The van der Waals surface area contributed by atoms with E-state index in [1.807, 2.05) is 14.1 Å². The van der Waals surface area contributed by atoms with Crippen LogP contribution in [0.2, 0.25) is 0 Å². The van der Waals surface area contributed by atoms with E-state index in [4.69, 9.17) is 0 Å². The minimum Gasteiger partial charge on any atom is -0.308 e. The van der Waals surface area contributed by atoms with Gasteiger partial charge < -0.3 is 4.90 Å². The molecule has 0 atom stereocenters. The summed E-state index contributed by atoms with van der Waals surface area (Å²) in [7, 11) is 4.03. The maximum atomic E-state index is 12.2. The van der Waals surface area contributed by atoms with Gasteiger partial charge in [-0.25, -0.2) is 0 Å². The standard InChI is InChI=1S/C13H22BrN3O/c1-4-5-6-7-12(18)13-11(14)10-15-17(13)9-8-16(2)3/h10H,4-9H2,1-3H3. The Labute approximate surface area is 117 Å². The Hall–Kier alpha value is -0.680. The molecule has 0 unspecified atom stereocenters. The summed E-state index contributed by atoms with van der Waals surface area (Å²) < 4.78 is 2.61. The third kappa shape index (κ3) is 4.53. The maximum absolute atomic E-state index is 12.2. The Bertz CT molecular complexity index is 388. The molecule has 0 saturated carbocycles. The number of halogens is 1. The van der Waals surface area contributed by atoms with Crippen LogP contribution in [0, 0.1) is 0 Å². The SMILES string of the molecule is CCCCCC(=O)c1c(Br)cnn1CCN(C)C. The molecule has 18 heavy (non-hydrogen) atoms. The zero-order valence-electron chi connectivity index (χ0n) is 11.4. The van der Waals surface area contributed by atoms with Crippen LogP contribution in [0.1, 0.15) is 43.1 Å². The van der Waals surface area contributed by atoms with Crippen molar-refractivity contribution in [3.8, 4) is 0 Å². The van der Waals surface area contributed by atoms with Crippen molar-refractivity contribution < 1.29 is 4.79 Å². The highest BCUT2D eigenvalue weighted by Crippen LogP contribution is 2.19. The number of unbranched alkanes of at least 4 members (excludes halogenated alkanes) is 2. The summed E-state index contributed by atoms with van der Waals surface area (Å²) in [6.45, 7) is 3.76. The summed E-state index contributed by atoms with van der Waals surface area (Å²) in [4.78, 5) is 14.2. The van der Waals surface area contributed by atoms with E-state index in [9.17, 15) is 4.79 Å². The zero-order chi connectivity index (χ0) is 13.5. The van der Waals surface area contributed by atoms with Crippen molar-refractivity contribution in [1.82, 2.24) is 14.7 Å². The molecule has 0 aliphatic carbocycles. The van der Waals surface area contributed by atoms with Crippen LogP contribution in [0.5, 0.6) is 0 Å². The van der Waals surface area contributed by atoms with Gasteiger partial charge in [0, 0.05) is 13.0 Å². The molecule has 102 valence electrons. The molecular weight excluding hydrogens is 294 g/mol. The van der Waals surface area contributed by atoms with Crippen molar-refractivity contribution >= 4 is 21.7 Å². The fourth-order valence-electron chi connectivity index (χ4n) is 1.76. The molecule has 5 heteroatoms. The van der Waals surface area contributed by atoms with E-state index >= 15 is 0 Å². The smallest absolute Gasteiger partial charge is 0.182 e. The van der Waals surface area contributed by atoms with E-state index in [0.717, 1.165) is 36.8 Å². The molecule has 0 radical (unpaired) electrons. The zero-order valence-corrected chi connectivity index (χ0v) is 13.0. The molecule has 0 amide bonds. The lowest BCUT2D eigenvalue weighted by Gasteiger charge is -2.11. The summed E-state index contributed by atoms with van der Waals surface area (Å²) in [5.41, 5.74) is 0.716. The number of carbonyl (C=O) groups is 1. The lowest BCUT2D eigenvalue weighted by atomic mass is 10.1. The van der Waals surface area contributed by atoms with Gasteiger partial charge in [-0.2, -0.15) is 5.10 Å². The van der Waals surface area contributed by atoms with Crippen LogP contribution < -0.4 is 0 Å². The Morgan fingerprint density at radius 1 is 1.44 bits per heavy atom. The molecule has 1 aromatic rings. The van der Waals surface area contributed by atoms with Gasteiger partial charge in [-0.05, 0) is 36.4 Å². The van der Waals surface area contributed by atoms with Crippen molar-refractivity contribution in [2.45, 2.75) is 39.2 Å². The molecular formula is C13H22BrN3O. The van der Waals surface area contributed by atoms with E-state index in [1.54, 1.807) is 10.9 Å². The van der Waals surface area contributed by atoms with Gasteiger partial charge in [-0.3, -0.25) is 9.48 Å². The van der Waals surface area contributed by atoms with E-state index in [1.165, 1.54) is 0 Å². The number of hydrogen-bond donors (Lipinski definition) is 0. The first-order valence-electron chi connectivity index (χ1n) is 6.45. The summed E-state index contributed by atoms with van der Waals surface area (Å²) in [6.07, 6.45) is 5.52. The summed E-state index contributed by atoms with van der Waals surface area (Å²) >= 11 is 3.42. The van der Waals surface area contributed by atoms with E-state index in [0.29, 0.717) is 12.1 Å². The van der Waals surface area contributed by atoms with Gasteiger partial charge in [0.25, 0.3) is 0 Å². The summed E-state index contributed by atoms with van der Waals surface area (Å²) in [6, 6.07) is 0. The number of nitrogens with zero attached hydrogens (tertiary/aromatic N) is 3. The molecule has 0 fully saturated rings. The van der Waals surface area contributed by atoms with E-state index in [-0.39, 0.29) is 5.78 Å². The maximum Gasteiger partial charge on any atom is 0.182 e. The van der Waals surface area contributed by atoms with Gasteiger partial charge in [-0.1, -0.05) is 19.8 Å². The van der Waals surface area contributed by atoms with Crippen molar-refractivity contribution in [2.75, 3.05) is 20.6 Å². The van der Waals surface area contributed by atoms with E-state index in [2.05, 4.69) is 32.9 Å². The Morgan fingerprint density at radius 3 is 2.78 bits per heavy atom. The molecule has 0 aliphatic heterocycles. The highest BCUT2D eigenvalue weighted by Gasteiger charge is 2.16. The molecule has 0 spiro atoms. The molecule has 0 aliphatic rings. The van der Waals surface area contributed by atoms with Crippen LogP contribution in [-0.2, 0) is 6.54 Å². The van der Waals surface area contributed by atoms with Gasteiger partial charge in [0.05, 0.1) is 17.2 Å². The lowest BCUT2D eigenvalue weighted by Crippen LogP contribution is -2.21. The summed E-state index contributed by atoms with van der Waals surface area (Å²) in [5, 5.41) is 4.26. The van der Waals surface area contributed by atoms with Gasteiger partial charge in [0.2, 0.25) is 0 Å². The van der Waals surface area contributed by atoms with Crippen LogP contribution in [0.4, 0.5) is 0 Å². The first-order valence-corrected chi connectivity index (χ1v) is 7.24. The minimum absolute atomic E-state index is 0.187. The number of Topliss-reactive ketones (excluding diaryl/α,β-unsaturated/α-hetero) is 1. The van der Waals surface area contributed by atoms with Crippen molar-refractivity contribution in [3.05, 3.63) is 16.4 Å². The molecule has 0 aromatic carbocycles. The fraction of sp³-hybridized carbons (Fsp3) is 0.692. The molecule has 1 heterocycles. The monoisotopic (exact) mass is 315 g/mol. The van der Waals surface area contributed by atoms with Crippen molar-refractivity contribution in [3.63, 3.8) is 0 Å². The van der Waals surface area contributed by atoms with Gasteiger partial charge in [-0.15, -0.1) is 0 Å². The number of aromatic nitrogens is 2. The Balaban J connectivity index is 2.67. The van der Waals surface area contributed by atoms with Crippen LogP contribution in [0.25, 0.3) is 0 Å². The van der Waals surface area contributed by atoms with Crippen molar-refractivity contribution in [1.29, 1.82) is 0 Å². The fourth-order valence-corrected chi connectivity index (χ4v) is 2.28. The molecule has 1 rings (SSSR count). The van der Waals surface area contributed by atoms with Crippen LogP contribution in [0.3, 0.4) is 0 Å². The van der Waals surface area contributed by atoms with Crippen LogP contribution in [0.15, 0.2) is 10.7 Å². The molecule has 1 aromatic heterocycles. The second-order valence-electron chi connectivity index (χ2n) is 4.75. The van der Waals surface area contributed by atoms with Crippen LogP contribution in [-0.4, -0.2) is 41.1 Å². The van der Waals surface area contributed by atoms with Gasteiger partial charge >= 0.3 is 0 Å². The van der Waals surface area contributed by atoms with Crippen LogP contribution >= 0.6 is 15.9 Å². The third-order valence-electron chi connectivity index (χ3n) is 2.83. The third-order valence-corrected chi connectivity index (χ3v) is 3.41. The normalized spacial score (nSPS) is 11.2. The predicted molar refractivity (Wildman–Crippen MR) is 77.0 cm³/mol. The Kier molecular flexibility index (Phi) is 6.57. The first kappa shape index (κ1) is 15.4. The largest absolute Gasteiger partial charge is 0.308 e. The number of hydrogen-bond acceptors (Lipinski definition) is 3. The topological polar surface area (TPSA) is 38.1 Å². The second kappa shape index (κ2) is 7.69. The number of rotatable bonds is 8.